The number of carbonyl (C=O) groups is 6. The molecule has 2 aliphatic rings. The fourth-order valence-corrected chi connectivity index (χ4v) is 11.2. The van der Waals surface area contributed by atoms with Gasteiger partial charge < -0.3 is 53.4 Å². The van der Waals surface area contributed by atoms with Crippen molar-refractivity contribution in [2.45, 2.75) is 110 Å². The molecule has 0 bridgehead atoms. The summed E-state index contributed by atoms with van der Waals surface area (Å²) in [5, 5.41) is 13.1. The Hall–Kier alpha value is -10.2. The summed E-state index contributed by atoms with van der Waals surface area (Å²) in [5.74, 6) is -0.177. The van der Waals surface area contributed by atoms with Crippen LogP contribution in [-0.2, 0) is 64.6 Å². The van der Waals surface area contributed by atoms with Crippen LogP contribution in [0.3, 0.4) is 0 Å². The molecule has 4 amide bonds. The lowest BCUT2D eigenvalue weighted by Gasteiger charge is -2.49. The van der Waals surface area contributed by atoms with E-state index in [0.29, 0.717) is 46.2 Å². The first-order chi connectivity index (χ1) is 44.8. The second-order valence-corrected chi connectivity index (χ2v) is 26.1. The number of hydrogen-bond donors (Lipinski definition) is 3. The van der Waals surface area contributed by atoms with Crippen molar-refractivity contribution >= 4 is 81.5 Å². The maximum absolute atomic E-state index is 14.4. The molecule has 0 unspecified atom stereocenters. The average molecular weight is 1320 g/mol. The van der Waals surface area contributed by atoms with Crippen LogP contribution in [0.25, 0.3) is 6.08 Å². The van der Waals surface area contributed by atoms with E-state index < -0.39 is 63.8 Å². The lowest BCUT2D eigenvalue weighted by molar-refractivity contribution is -0.688. The number of β-lactam (4-membered cyclic amide) rings is 1. The smallest absolute Gasteiger partial charge is 0.413 e. The van der Waals surface area contributed by atoms with Crippen molar-refractivity contribution in [2.75, 3.05) is 37.7 Å². The van der Waals surface area contributed by atoms with E-state index in [-0.39, 0.29) is 48.0 Å². The number of benzene rings is 5. The Morgan fingerprint density at radius 1 is 0.670 bits per heavy atom. The Bertz CT molecular complexity index is 3970. The molecule has 0 saturated carbocycles. The molecule has 0 spiro atoms. The maximum Gasteiger partial charge on any atom is 0.413 e. The van der Waals surface area contributed by atoms with Gasteiger partial charge in [0.1, 0.15) is 71.1 Å². The summed E-state index contributed by atoms with van der Waals surface area (Å²) in [4.78, 5) is 94.0. The molecular formula is C70H74N7O15S2+. The van der Waals surface area contributed by atoms with Gasteiger partial charge in [0, 0.05) is 34.4 Å². The molecule has 9 rings (SSSR count). The van der Waals surface area contributed by atoms with Crippen LogP contribution in [-0.4, -0.2) is 107 Å². The van der Waals surface area contributed by atoms with Crippen molar-refractivity contribution < 1.29 is 76.1 Å². The van der Waals surface area contributed by atoms with Crippen LogP contribution in [0, 0.1) is 0 Å². The van der Waals surface area contributed by atoms with Gasteiger partial charge in [-0.05, 0) is 138 Å². The first kappa shape index (κ1) is 68.2. The van der Waals surface area contributed by atoms with Crippen LogP contribution in [0.1, 0.15) is 99.3 Å². The molecule has 2 aromatic heterocycles. The first-order valence-electron chi connectivity index (χ1n) is 29.8. The van der Waals surface area contributed by atoms with E-state index in [1.807, 2.05) is 108 Å². The molecule has 0 aliphatic carbocycles. The summed E-state index contributed by atoms with van der Waals surface area (Å²) in [5.41, 5.74) is 1.90. The van der Waals surface area contributed by atoms with Crippen molar-refractivity contribution in [3.8, 4) is 28.7 Å². The van der Waals surface area contributed by atoms with Crippen LogP contribution in [0.15, 0.2) is 168 Å². The Morgan fingerprint density at radius 2 is 1.23 bits per heavy atom. The lowest BCUT2D eigenvalue weighted by Crippen LogP contribution is -2.71. The zero-order valence-corrected chi connectivity index (χ0v) is 55.6. The molecular weight excluding hydrogens is 1240 g/mol. The molecule has 1 saturated heterocycles. The zero-order valence-electron chi connectivity index (χ0n) is 53.9. The number of amides is 4. The predicted molar refractivity (Wildman–Crippen MR) is 355 cm³/mol. The topological polar surface area (TPSA) is 254 Å². The number of rotatable bonds is 25. The van der Waals surface area contributed by atoms with E-state index in [1.165, 1.54) is 35.9 Å². The summed E-state index contributed by atoms with van der Waals surface area (Å²) >= 11 is 2.29. The van der Waals surface area contributed by atoms with E-state index in [9.17, 15) is 28.8 Å². The third kappa shape index (κ3) is 18.3. The number of anilines is 2. The number of oxime groups is 1. The number of fused-ring (bicyclic) bond motifs is 1. The SMILES string of the molecule is COc1ccc(COC(=O)C2=C(/C=C\c3ccc(C[n+]4ccc(NC(=O)c5ccc(OCc6ccc(OC)cc6)c(OCc6ccc(OC)cc6)c5)cc4)cc3)CS[C@@H]3[C@H](NC(=O)/C(=N\OC(C)(C)C(=O)OC(C)(C)C)c4csc(NC(=O)OC(C)(C)C)n4)C(=O)N23)cc1. The number of thioether (sulfide) groups is 1. The number of ether oxygens (including phenoxy) is 8. The predicted octanol–water partition coefficient (Wildman–Crippen LogP) is 11.2. The highest BCUT2D eigenvalue weighted by Gasteiger charge is 2.55. The van der Waals surface area contributed by atoms with Gasteiger partial charge in [0.2, 0.25) is 5.60 Å². The molecule has 3 N–H and O–H groups in total. The molecule has 4 heterocycles. The minimum Gasteiger partial charge on any atom is -0.497 e. The fraction of sp³-hybridized carbons (Fsp3) is 0.300. The molecule has 94 heavy (non-hydrogen) atoms. The van der Waals surface area contributed by atoms with Gasteiger partial charge in [-0.15, -0.1) is 23.1 Å². The van der Waals surface area contributed by atoms with E-state index >= 15 is 0 Å². The van der Waals surface area contributed by atoms with E-state index in [2.05, 4.69) is 26.1 Å². The van der Waals surface area contributed by atoms with Gasteiger partial charge in [0.15, 0.2) is 41.3 Å². The molecule has 2 aliphatic heterocycles. The Kier molecular flexibility index (Phi) is 21.8. The third-order valence-corrected chi connectivity index (χ3v) is 16.2. The van der Waals surface area contributed by atoms with Gasteiger partial charge in [-0.1, -0.05) is 78.0 Å². The molecule has 1 fully saturated rings. The van der Waals surface area contributed by atoms with Crippen LogP contribution >= 0.6 is 23.1 Å². The highest BCUT2D eigenvalue weighted by Crippen LogP contribution is 2.42. The average Bonchev–Trinajstić information content (AvgIpc) is 0.769. The van der Waals surface area contributed by atoms with Gasteiger partial charge >= 0.3 is 18.0 Å². The fourth-order valence-electron chi connectivity index (χ4n) is 9.18. The molecule has 22 nitrogen and oxygen atoms in total. The highest BCUT2D eigenvalue weighted by molar-refractivity contribution is 8.00. The van der Waals surface area contributed by atoms with Crippen LogP contribution in [0.5, 0.6) is 28.7 Å². The first-order valence-corrected chi connectivity index (χ1v) is 31.7. The minimum atomic E-state index is -1.69. The van der Waals surface area contributed by atoms with Gasteiger partial charge in [0.25, 0.3) is 17.7 Å². The largest absolute Gasteiger partial charge is 0.497 e. The number of esters is 2. The van der Waals surface area contributed by atoms with Gasteiger partial charge in [-0.3, -0.25) is 24.6 Å². The Morgan fingerprint density at radius 3 is 1.81 bits per heavy atom. The summed E-state index contributed by atoms with van der Waals surface area (Å²) in [6, 6.07) is 37.4. The number of carbonyl (C=O) groups excluding carboxylic acids is 6. The highest BCUT2D eigenvalue weighted by atomic mass is 32.2. The number of aromatic nitrogens is 2. The number of hydrogen-bond acceptors (Lipinski definition) is 19. The number of nitrogens with one attached hydrogen (secondary N) is 3. The summed E-state index contributed by atoms with van der Waals surface area (Å²) in [6.45, 7) is 13.9. The van der Waals surface area contributed by atoms with Crippen LogP contribution in [0.4, 0.5) is 15.6 Å². The summed E-state index contributed by atoms with van der Waals surface area (Å²) < 4.78 is 47.1. The second-order valence-electron chi connectivity index (χ2n) is 24.1. The Labute approximate surface area is 553 Å². The quantitative estimate of drug-likeness (QED) is 0.0120. The second kappa shape index (κ2) is 30.0. The van der Waals surface area contributed by atoms with Crippen molar-refractivity contribution in [2.24, 2.45) is 5.16 Å². The van der Waals surface area contributed by atoms with Gasteiger partial charge in [-0.2, -0.15) is 0 Å². The van der Waals surface area contributed by atoms with Crippen LogP contribution in [0.2, 0.25) is 0 Å². The molecule has 2 atom stereocenters. The summed E-state index contributed by atoms with van der Waals surface area (Å²) in [6.07, 6.45) is 6.56. The van der Waals surface area contributed by atoms with E-state index in [4.69, 9.17) is 42.7 Å². The minimum absolute atomic E-state index is 0.00841. The zero-order chi connectivity index (χ0) is 67.3. The molecule has 7 aromatic rings. The lowest BCUT2D eigenvalue weighted by atomic mass is 10.0. The molecule has 24 heteroatoms. The standard InChI is InChI=1S/C70H73N7O15S2/c1-68(2,3)90-65(82)70(7,8)92-75-57(54-42-94-66(72-54)74-67(83)91-69(4,5)6)61(79)73-58-62(80)77-59(64(81)89-40-47-21-29-53(86-11)30-22-47)49(41-93-63(58)77)23-16-43-12-14-44(15-13-43)37-76-34-32-50(33-35-76)71-60(78)48-24-31-55(87-38-45-17-25-51(84-9)26-18-45)56(36-48)88-39-46-19-27-52(85-10)28-20-46/h12-36,42,58,63H,37-41H2,1-11H3,(H2,72,73,74,79,83)/p+1/b23-16-,75-57-/t58-,63-/m1/s1. The van der Waals surface area contributed by atoms with E-state index in [0.717, 1.165) is 45.1 Å². The Balaban J connectivity index is 0.875. The van der Waals surface area contributed by atoms with Crippen molar-refractivity contribution in [3.05, 3.63) is 202 Å². The molecule has 490 valence electrons. The maximum atomic E-state index is 14.4. The van der Waals surface area contributed by atoms with Crippen molar-refractivity contribution in [1.29, 1.82) is 0 Å². The van der Waals surface area contributed by atoms with Crippen LogP contribution < -0.4 is 44.2 Å². The van der Waals surface area contributed by atoms with Crippen molar-refractivity contribution in [1.82, 2.24) is 15.2 Å². The van der Waals surface area contributed by atoms with Crippen molar-refractivity contribution in [3.63, 3.8) is 0 Å². The number of pyridine rings is 1. The number of thiazole rings is 1. The van der Waals surface area contributed by atoms with Gasteiger partial charge in [-0.25, -0.2) is 23.9 Å². The number of allylic oxidation sites excluding steroid dienone is 1. The monoisotopic (exact) mass is 1320 g/mol. The van der Waals surface area contributed by atoms with Gasteiger partial charge in [0.05, 0.1) is 27.0 Å². The number of nitrogens with zero attached hydrogens (tertiary/aromatic N) is 4. The number of methoxy groups -OCH3 is 3. The molecule has 5 aromatic carbocycles. The normalized spacial score (nSPS) is 14.8. The third-order valence-electron chi connectivity index (χ3n) is 14.1. The van der Waals surface area contributed by atoms with E-state index in [1.54, 1.807) is 111 Å². The summed E-state index contributed by atoms with van der Waals surface area (Å²) in [7, 11) is 4.77. The molecule has 0 radical (unpaired) electrons.